The maximum atomic E-state index is 11.7. The minimum absolute atomic E-state index is 0.0319. The first kappa shape index (κ1) is 10.6. The molecule has 5 nitrogen and oxygen atoms in total. The van der Waals surface area contributed by atoms with Gasteiger partial charge in [0, 0.05) is 19.2 Å². The highest BCUT2D eigenvalue weighted by Gasteiger charge is 2.20. The molecule has 5 heteroatoms. The van der Waals surface area contributed by atoms with Crippen molar-refractivity contribution in [2.75, 3.05) is 6.54 Å². The highest BCUT2D eigenvalue weighted by atomic mass is 16.2. The molecule has 2 rings (SSSR count). The predicted octanol–water partition coefficient (Wildman–Crippen LogP) is 0.739. The molecule has 1 fully saturated rings. The van der Waals surface area contributed by atoms with E-state index in [1.54, 1.807) is 24.4 Å². The second-order valence-corrected chi connectivity index (χ2v) is 3.66. The minimum Gasteiger partial charge on any atom is -0.273 e. The summed E-state index contributed by atoms with van der Waals surface area (Å²) in [6, 6.07) is 5.09. The van der Waals surface area contributed by atoms with Gasteiger partial charge in [-0.3, -0.25) is 25.0 Å². The van der Waals surface area contributed by atoms with Crippen molar-refractivity contribution >= 4 is 11.8 Å². The number of aromatic nitrogens is 1. The summed E-state index contributed by atoms with van der Waals surface area (Å²) in [5.41, 5.74) is 2.89. The molecular formula is C11H13N3O2. The van der Waals surface area contributed by atoms with Crippen LogP contribution in [0.4, 0.5) is 0 Å². The van der Waals surface area contributed by atoms with Crippen molar-refractivity contribution in [1.29, 1.82) is 0 Å². The van der Waals surface area contributed by atoms with E-state index in [4.69, 9.17) is 0 Å². The number of hydrazine groups is 1. The fourth-order valence-corrected chi connectivity index (χ4v) is 1.60. The van der Waals surface area contributed by atoms with E-state index in [2.05, 4.69) is 10.4 Å². The molecule has 1 aliphatic rings. The van der Waals surface area contributed by atoms with E-state index in [1.807, 2.05) is 0 Å². The molecule has 0 unspecified atom stereocenters. The number of hydrogen-bond acceptors (Lipinski definition) is 3. The van der Waals surface area contributed by atoms with E-state index < -0.39 is 0 Å². The zero-order valence-electron chi connectivity index (χ0n) is 8.85. The van der Waals surface area contributed by atoms with Gasteiger partial charge in [-0.2, -0.15) is 0 Å². The minimum atomic E-state index is -0.337. The number of carbonyl (C=O) groups excluding carboxylic acids is 2. The number of nitrogens with zero attached hydrogens (tertiary/aromatic N) is 2. The van der Waals surface area contributed by atoms with Gasteiger partial charge >= 0.3 is 0 Å². The van der Waals surface area contributed by atoms with Crippen molar-refractivity contribution in [3.63, 3.8) is 0 Å². The van der Waals surface area contributed by atoms with E-state index in [-0.39, 0.29) is 11.8 Å². The number of pyridine rings is 1. The lowest BCUT2D eigenvalue weighted by atomic mass is 10.1. The molecule has 1 aromatic rings. The molecule has 2 amide bonds. The molecule has 1 N–H and O–H groups in total. The Kier molecular flexibility index (Phi) is 3.14. The molecule has 0 aliphatic carbocycles. The first-order valence-corrected chi connectivity index (χ1v) is 5.30. The largest absolute Gasteiger partial charge is 0.288 e. The van der Waals surface area contributed by atoms with Crippen molar-refractivity contribution in [3.8, 4) is 0 Å². The van der Waals surface area contributed by atoms with Crippen molar-refractivity contribution in [1.82, 2.24) is 15.4 Å². The van der Waals surface area contributed by atoms with Gasteiger partial charge in [0.05, 0.1) is 0 Å². The Morgan fingerprint density at radius 2 is 2.25 bits per heavy atom. The molecule has 0 atom stereocenters. The maximum Gasteiger partial charge on any atom is 0.288 e. The van der Waals surface area contributed by atoms with Gasteiger partial charge in [-0.15, -0.1) is 0 Å². The predicted molar refractivity (Wildman–Crippen MR) is 57.3 cm³/mol. The van der Waals surface area contributed by atoms with Crippen LogP contribution in [0.5, 0.6) is 0 Å². The Labute approximate surface area is 93.4 Å². The number of carbonyl (C=O) groups is 2. The number of rotatable bonds is 2. The molecule has 1 aromatic heterocycles. The Bertz CT molecular complexity index is 391. The highest BCUT2D eigenvalue weighted by molar-refractivity contribution is 5.93. The topological polar surface area (TPSA) is 62.3 Å². The third-order valence-corrected chi connectivity index (χ3v) is 2.46. The lowest BCUT2D eigenvalue weighted by Gasteiger charge is -2.26. The number of amides is 2. The van der Waals surface area contributed by atoms with Crippen LogP contribution in [-0.2, 0) is 4.79 Å². The van der Waals surface area contributed by atoms with E-state index in [9.17, 15) is 9.59 Å². The third kappa shape index (κ3) is 2.36. The van der Waals surface area contributed by atoms with E-state index in [0.29, 0.717) is 18.7 Å². The fourth-order valence-electron chi connectivity index (χ4n) is 1.60. The quantitative estimate of drug-likeness (QED) is 0.798. The van der Waals surface area contributed by atoms with Crippen LogP contribution in [0, 0.1) is 0 Å². The van der Waals surface area contributed by atoms with E-state index >= 15 is 0 Å². The Morgan fingerprint density at radius 3 is 2.94 bits per heavy atom. The van der Waals surface area contributed by atoms with Gasteiger partial charge in [0.15, 0.2) is 0 Å². The number of nitrogens with one attached hydrogen (secondary N) is 1. The van der Waals surface area contributed by atoms with Crippen LogP contribution in [0.15, 0.2) is 24.4 Å². The van der Waals surface area contributed by atoms with Gasteiger partial charge in [0.1, 0.15) is 5.69 Å². The summed E-state index contributed by atoms with van der Waals surface area (Å²) in [5.74, 6) is -0.369. The lowest BCUT2D eigenvalue weighted by molar-refractivity contribution is -0.135. The Balaban J connectivity index is 1.99. The number of piperidine rings is 1. The van der Waals surface area contributed by atoms with Crippen LogP contribution >= 0.6 is 0 Å². The maximum absolute atomic E-state index is 11.7. The van der Waals surface area contributed by atoms with Crippen molar-refractivity contribution in [3.05, 3.63) is 30.1 Å². The second kappa shape index (κ2) is 4.74. The lowest BCUT2D eigenvalue weighted by Crippen LogP contribution is -2.48. The summed E-state index contributed by atoms with van der Waals surface area (Å²) in [5, 5.41) is 1.38. The molecule has 1 aliphatic heterocycles. The summed E-state index contributed by atoms with van der Waals surface area (Å²) >= 11 is 0. The molecule has 84 valence electrons. The zero-order valence-corrected chi connectivity index (χ0v) is 8.85. The summed E-state index contributed by atoms with van der Waals surface area (Å²) in [7, 11) is 0. The van der Waals surface area contributed by atoms with Crippen LogP contribution in [0.2, 0.25) is 0 Å². The van der Waals surface area contributed by atoms with Crippen molar-refractivity contribution in [2.24, 2.45) is 0 Å². The molecule has 0 radical (unpaired) electrons. The van der Waals surface area contributed by atoms with Crippen LogP contribution in [0.3, 0.4) is 0 Å². The smallest absolute Gasteiger partial charge is 0.273 e. The number of hydrogen-bond donors (Lipinski definition) is 1. The Morgan fingerprint density at radius 1 is 1.38 bits per heavy atom. The van der Waals surface area contributed by atoms with Gasteiger partial charge in [-0.1, -0.05) is 6.07 Å². The average molecular weight is 219 g/mol. The highest BCUT2D eigenvalue weighted by Crippen LogP contribution is 2.08. The average Bonchev–Trinajstić information content (AvgIpc) is 2.33. The van der Waals surface area contributed by atoms with Crippen LogP contribution in [0.1, 0.15) is 29.8 Å². The molecule has 0 bridgehead atoms. The van der Waals surface area contributed by atoms with E-state index in [0.717, 1.165) is 12.8 Å². The second-order valence-electron chi connectivity index (χ2n) is 3.66. The molecule has 0 spiro atoms. The standard InChI is InChI=1S/C11H13N3O2/c15-10-6-2-4-8-14(10)13-11(16)9-5-1-3-7-12-9/h1,3,5,7H,2,4,6,8H2,(H,13,16). The SMILES string of the molecule is O=C(NN1CCCCC1=O)c1ccccn1. The molecular weight excluding hydrogens is 206 g/mol. The van der Waals surface area contributed by atoms with Crippen molar-refractivity contribution < 1.29 is 9.59 Å². The van der Waals surface area contributed by atoms with E-state index in [1.165, 1.54) is 5.01 Å². The summed E-state index contributed by atoms with van der Waals surface area (Å²) in [4.78, 5) is 27.1. The summed E-state index contributed by atoms with van der Waals surface area (Å²) in [6.07, 6.45) is 3.87. The molecule has 2 heterocycles. The first-order valence-electron chi connectivity index (χ1n) is 5.30. The first-order chi connectivity index (χ1) is 7.77. The monoisotopic (exact) mass is 219 g/mol. The van der Waals surface area contributed by atoms with Gasteiger partial charge < -0.3 is 0 Å². The molecule has 1 saturated heterocycles. The van der Waals surface area contributed by atoms with Gasteiger partial charge in [0.2, 0.25) is 5.91 Å². The third-order valence-electron chi connectivity index (χ3n) is 2.46. The normalized spacial score (nSPS) is 16.0. The summed E-state index contributed by atoms with van der Waals surface area (Å²) in [6.45, 7) is 0.581. The van der Waals surface area contributed by atoms with Crippen LogP contribution in [-0.4, -0.2) is 28.4 Å². The zero-order chi connectivity index (χ0) is 11.4. The van der Waals surface area contributed by atoms with Gasteiger partial charge in [0.25, 0.3) is 5.91 Å². The molecule has 0 saturated carbocycles. The Hall–Kier alpha value is -1.91. The van der Waals surface area contributed by atoms with Crippen LogP contribution in [0.25, 0.3) is 0 Å². The van der Waals surface area contributed by atoms with Crippen LogP contribution < -0.4 is 5.43 Å². The van der Waals surface area contributed by atoms with Gasteiger partial charge in [-0.25, -0.2) is 0 Å². The molecule has 0 aromatic carbocycles. The molecule has 16 heavy (non-hydrogen) atoms. The van der Waals surface area contributed by atoms with Gasteiger partial charge in [-0.05, 0) is 25.0 Å². The summed E-state index contributed by atoms with van der Waals surface area (Å²) < 4.78 is 0. The van der Waals surface area contributed by atoms with Crippen molar-refractivity contribution in [2.45, 2.75) is 19.3 Å². The fraction of sp³-hybridized carbons (Fsp3) is 0.364.